The number of aromatic amines is 1. The Morgan fingerprint density at radius 2 is 2.05 bits per heavy atom. The van der Waals surface area contributed by atoms with Gasteiger partial charge < -0.3 is 19.5 Å². The van der Waals surface area contributed by atoms with Gasteiger partial charge in [0, 0.05) is 35.0 Å². The molecular weight excluding hydrogens is 538 g/mol. The van der Waals surface area contributed by atoms with Crippen LogP contribution in [0.2, 0.25) is 5.02 Å². The second kappa shape index (κ2) is 9.79. The number of anilines is 1. The predicted molar refractivity (Wildman–Crippen MR) is 144 cm³/mol. The number of ether oxygens (including phenoxy) is 3. The zero-order valence-electron chi connectivity index (χ0n) is 21.8. The summed E-state index contributed by atoms with van der Waals surface area (Å²) < 4.78 is 18.5. The van der Waals surface area contributed by atoms with Crippen LogP contribution < -0.4 is 19.5 Å². The summed E-state index contributed by atoms with van der Waals surface area (Å²) in [4.78, 5) is 35.7. The molecule has 4 aromatic rings. The number of benzene rings is 2. The van der Waals surface area contributed by atoms with Crippen LogP contribution in [-0.4, -0.2) is 61.3 Å². The Bertz CT molecular complexity index is 1670. The molecule has 2 aromatic heterocycles. The molecular formula is C27H24ClN7O5. The molecule has 1 aliphatic heterocycles. The Morgan fingerprint density at radius 1 is 1.23 bits per heavy atom. The first kappa shape index (κ1) is 25.6. The predicted octanol–water partition coefficient (Wildman–Crippen LogP) is 3.70. The highest BCUT2D eigenvalue weighted by atomic mass is 35.5. The number of rotatable bonds is 7. The molecule has 2 aliphatic rings. The Hall–Kier alpha value is -4.71. The Morgan fingerprint density at radius 3 is 2.77 bits per heavy atom. The minimum absolute atomic E-state index is 0.0928. The molecule has 0 bridgehead atoms. The molecule has 40 heavy (non-hydrogen) atoms. The van der Waals surface area contributed by atoms with Gasteiger partial charge in [0.15, 0.2) is 11.6 Å². The number of nitrogens with one attached hydrogen (secondary N) is 2. The number of carbonyl (C=O) groups excluding carboxylic acids is 2. The number of methoxy groups -OCH3 is 2. The Labute approximate surface area is 233 Å². The number of hydrogen-bond acceptors (Lipinski definition) is 10. The topological polar surface area (TPSA) is 146 Å². The highest BCUT2D eigenvalue weighted by Gasteiger charge is 2.60. The number of H-pyrrole nitrogens is 1. The van der Waals surface area contributed by atoms with Crippen molar-refractivity contribution in [3.05, 3.63) is 71.2 Å². The molecule has 3 heterocycles. The van der Waals surface area contributed by atoms with Crippen molar-refractivity contribution in [2.75, 3.05) is 19.5 Å². The molecule has 1 spiro atoms. The van der Waals surface area contributed by atoms with Crippen molar-refractivity contribution in [2.45, 2.75) is 25.5 Å². The van der Waals surface area contributed by atoms with Crippen LogP contribution in [0, 0.1) is 5.92 Å². The van der Waals surface area contributed by atoms with E-state index in [9.17, 15) is 9.59 Å². The van der Waals surface area contributed by atoms with Gasteiger partial charge in [-0.05, 0) is 18.6 Å². The first-order valence-electron chi connectivity index (χ1n) is 12.4. The van der Waals surface area contributed by atoms with Gasteiger partial charge in [-0.1, -0.05) is 30.7 Å². The number of carbonyl (C=O) groups is 2. The third-order valence-electron chi connectivity index (χ3n) is 7.05. The molecule has 12 nitrogen and oxygen atoms in total. The first-order valence-corrected chi connectivity index (χ1v) is 12.8. The lowest BCUT2D eigenvalue weighted by Gasteiger charge is -2.35. The Kier molecular flexibility index (Phi) is 6.26. The van der Waals surface area contributed by atoms with Gasteiger partial charge in [-0.2, -0.15) is 10.2 Å². The van der Waals surface area contributed by atoms with Gasteiger partial charge >= 0.3 is 0 Å². The van der Waals surface area contributed by atoms with Gasteiger partial charge in [0.05, 0.1) is 14.2 Å². The molecule has 204 valence electrons. The van der Waals surface area contributed by atoms with Crippen molar-refractivity contribution in [1.29, 1.82) is 0 Å². The normalized spacial score (nSPS) is 19.8. The summed E-state index contributed by atoms with van der Waals surface area (Å²) >= 11 is 6.47. The third-order valence-corrected chi connectivity index (χ3v) is 7.40. The highest BCUT2D eigenvalue weighted by molar-refractivity contribution is 6.36. The molecule has 0 saturated heterocycles. The lowest BCUT2D eigenvalue weighted by Crippen LogP contribution is -2.55. The molecule has 2 unspecified atom stereocenters. The quantitative estimate of drug-likeness (QED) is 0.320. The number of hydrogen-bond donors (Lipinski definition) is 2. The number of halogens is 1. The largest absolute Gasteiger partial charge is 0.496 e. The van der Waals surface area contributed by atoms with Crippen LogP contribution in [0.1, 0.15) is 29.5 Å². The van der Waals surface area contributed by atoms with Crippen LogP contribution in [-0.2, 0) is 11.3 Å². The number of nitrogens with zero attached hydrogens (tertiary/aromatic N) is 5. The van der Waals surface area contributed by atoms with E-state index in [2.05, 4.69) is 30.6 Å². The van der Waals surface area contributed by atoms with E-state index in [1.54, 1.807) is 17.9 Å². The minimum Gasteiger partial charge on any atom is -0.496 e. The highest BCUT2D eigenvalue weighted by Crippen LogP contribution is 2.53. The van der Waals surface area contributed by atoms with Gasteiger partial charge in [-0.15, -0.1) is 0 Å². The van der Waals surface area contributed by atoms with Crippen molar-refractivity contribution < 1.29 is 23.8 Å². The van der Waals surface area contributed by atoms with Crippen molar-refractivity contribution in [1.82, 2.24) is 29.9 Å². The van der Waals surface area contributed by atoms with E-state index < -0.39 is 23.1 Å². The third kappa shape index (κ3) is 4.08. The van der Waals surface area contributed by atoms with Gasteiger partial charge in [0.2, 0.25) is 17.2 Å². The summed E-state index contributed by atoms with van der Waals surface area (Å²) in [6.45, 7) is 2.21. The van der Waals surface area contributed by atoms with Crippen molar-refractivity contribution >= 4 is 28.9 Å². The fourth-order valence-electron chi connectivity index (χ4n) is 5.10. The molecule has 1 aliphatic carbocycles. The van der Waals surface area contributed by atoms with Gasteiger partial charge in [0.1, 0.15) is 47.1 Å². The molecule has 0 fully saturated rings. The van der Waals surface area contributed by atoms with E-state index in [4.69, 9.17) is 25.8 Å². The second-order valence-electron chi connectivity index (χ2n) is 9.51. The molecule has 2 aromatic carbocycles. The van der Waals surface area contributed by atoms with Crippen molar-refractivity contribution in [2.24, 2.45) is 5.92 Å². The lowest BCUT2D eigenvalue weighted by molar-refractivity contribution is -0.129. The van der Waals surface area contributed by atoms with Crippen LogP contribution in [0.25, 0.3) is 11.4 Å². The molecule has 2 N–H and O–H groups in total. The minimum atomic E-state index is -1.74. The summed E-state index contributed by atoms with van der Waals surface area (Å²) in [6.07, 6.45) is 4.84. The van der Waals surface area contributed by atoms with E-state index in [1.807, 2.05) is 24.3 Å². The van der Waals surface area contributed by atoms with Gasteiger partial charge in [0.25, 0.3) is 0 Å². The van der Waals surface area contributed by atoms with Gasteiger partial charge in [-0.25, -0.2) is 14.6 Å². The van der Waals surface area contributed by atoms with E-state index in [1.165, 1.54) is 32.7 Å². The van der Waals surface area contributed by atoms with Crippen LogP contribution in [0.15, 0.2) is 54.8 Å². The molecule has 0 amide bonds. The SMILES string of the molecule is COc1cc(OC)c2c(c1Cl)OC1(C(=O)C=C(Nc3cccc(-c4n[nH]c(Cn5cncn5)n4)c3)CC1C)C2=O. The van der Waals surface area contributed by atoms with Crippen LogP contribution >= 0.6 is 11.6 Å². The number of Topliss-reactive ketones (excluding diaryl/α,β-unsaturated/α-hetero) is 1. The molecule has 2 atom stereocenters. The van der Waals surface area contributed by atoms with Crippen molar-refractivity contribution in [3.63, 3.8) is 0 Å². The maximum Gasteiger partial charge on any atom is 0.236 e. The second-order valence-corrected chi connectivity index (χ2v) is 9.89. The number of allylic oxidation sites excluding steroid dienone is 1. The van der Waals surface area contributed by atoms with Gasteiger partial charge in [-0.3, -0.25) is 14.7 Å². The van der Waals surface area contributed by atoms with E-state index in [-0.39, 0.29) is 27.8 Å². The maximum absolute atomic E-state index is 13.7. The zero-order chi connectivity index (χ0) is 28.0. The lowest BCUT2D eigenvalue weighted by atomic mass is 9.74. The molecule has 13 heteroatoms. The van der Waals surface area contributed by atoms with Crippen LogP contribution in [0.4, 0.5) is 5.69 Å². The van der Waals surface area contributed by atoms with Crippen LogP contribution in [0.3, 0.4) is 0 Å². The van der Waals surface area contributed by atoms with E-state index in [0.29, 0.717) is 30.3 Å². The zero-order valence-corrected chi connectivity index (χ0v) is 22.5. The van der Waals surface area contributed by atoms with E-state index in [0.717, 1.165) is 11.3 Å². The first-order chi connectivity index (χ1) is 19.3. The molecule has 6 rings (SSSR count). The molecule has 0 saturated carbocycles. The summed E-state index contributed by atoms with van der Waals surface area (Å²) in [5.41, 5.74) is 0.557. The summed E-state index contributed by atoms with van der Waals surface area (Å²) in [5.74, 6) is 0.302. The van der Waals surface area contributed by atoms with E-state index >= 15 is 0 Å². The summed E-state index contributed by atoms with van der Waals surface area (Å²) in [6, 6.07) is 9.02. The standard InChI is InChI=1S/C27H24ClN7O5/c1-14-7-17(9-20(36)27(14)25(37)22-18(38-2)10-19(39-3)23(28)24(22)40-27)31-16-6-4-5-15(8-16)26-32-21(33-34-26)11-35-13-29-12-30-35/h4-6,8-10,12-14,31H,7,11H2,1-3H3,(H,32,33,34). The number of aromatic nitrogens is 6. The summed E-state index contributed by atoms with van der Waals surface area (Å²) in [5, 5.41) is 14.7. The molecule has 0 radical (unpaired) electrons. The smallest absolute Gasteiger partial charge is 0.236 e. The fourth-order valence-corrected chi connectivity index (χ4v) is 5.37. The number of fused-ring (bicyclic) bond motifs is 1. The summed E-state index contributed by atoms with van der Waals surface area (Å²) in [7, 11) is 2.88. The fraction of sp³-hybridized carbons (Fsp3) is 0.259. The number of ketones is 2. The van der Waals surface area contributed by atoms with Crippen molar-refractivity contribution in [3.8, 4) is 28.6 Å². The monoisotopic (exact) mass is 561 g/mol. The average Bonchev–Trinajstić information content (AvgIpc) is 3.69. The maximum atomic E-state index is 13.7. The average molecular weight is 562 g/mol. The van der Waals surface area contributed by atoms with Crippen LogP contribution in [0.5, 0.6) is 17.2 Å². The Balaban J connectivity index is 1.24.